The third-order valence-electron chi connectivity index (χ3n) is 4.17. The molecule has 27 heavy (non-hydrogen) atoms. The molecule has 0 spiro atoms. The Balaban J connectivity index is 0.00000261. The number of nitrogens with zero attached hydrogens (tertiary/aromatic N) is 1. The van der Waals surface area contributed by atoms with Crippen LogP contribution in [0.5, 0.6) is 11.5 Å². The number of morpholine rings is 1. The normalized spacial score (nSPS) is 17.2. The van der Waals surface area contributed by atoms with E-state index in [1.54, 1.807) is 24.3 Å². The van der Waals surface area contributed by atoms with Crippen LogP contribution in [0.4, 0.5) is 8.78 Å². The first-order valence-electron chi connectivity index (χ1n) is 8.30. The Hall–Kier alpha value is -2.22. The summed E-state index contributed by atoms with van der Waals surface area (Å²) in [6.07, 6.45) is -0.0731. The van der Waals surface area contributed by atoms with Crippen molar-refractivity contribution in [3.63, 3.8) is 0 Å². The van der Waals surface area contributed by atoms with Gasteiger partial charge in [-0.15, -0.1) is 12.4 Å². The molecule has 0 aliphatic carbocycles. The molecule has 0 radical (unpaired) electrons. The second-order valence-electron chi connectivity index (χ2n) is 6.05. The third kappa shape index (κ3) is 5.89. The van der Waals surface area contributed by atoms with E-state index in [0.717, 1.165) is 23.8 Å². The number of carbonyl (C=O) groups is 1. The molecule has 1 fully saturated rings. The quantitative estimate of drug-likeness (QED) is 0.794. The van der Waals surface area contributed by atoms with E-state index in [9.17, 15) is 13.6 Å². The van der Waals surface area contributed by atoms with Gasteiger partial charge in [0.15, 0.2) is 11.6 Å². The van der Waals surface area contributed by atoms with Gasteiger partial charge in [-0.3, -0.25) is 9.69 Å². The average Bonchev–Trinajstić information content (AvgIpc) is 2.64. The highest BCUT2D eigenvalue weighted by Crippen LogP contribution is 2.28. The van der Waals surface area contributed by atoms with E-state index in [1.165, 1.54) is 0 Å². The predicted molar refractivity (Wildman–Crippen MR) is 97.5 cm³/mol. The van der Waals surface area contributed by atoms with Crippen LogP contribution in [0.25, 0.3) is 0 Å². The van der Waals surface area contributed by atoms with E-state index in [4.69, 9.17) is 14.6 Å². The largest absolute Gasteiger partial charge is 0.481 e. The smallest absolute Gasteiger partial charge is 0.304 e. The summed E-state index contributed by atoms with van der Waals surface area (Å²) in [7, 11) is 0. The van der Waals surface area contributed by atoms with Crippen molar-refractivity contribution in [2.24, 2.45) is 0 Å². The molecule has 1 aliphatic rings. The minimum Gasteiger partial charge on any atom is -0.481 e. The summed E-state index contributed by atoms with van der Waals surface area (Å²) in [5.41, 5.74) is 0.914. The average molecular weight is 400 g/mol. The molecule has 1 N–H and O–H groups in total. The lowest BCUT2D eigenvalue weighted by Crippen LogP contribution is -2.39. The van der Waals surface area contributed by atoms with Gasteiger partial charge in [-0.2, -0.15) is 0 Å². The second-order valence-corrected chi connectivity index (χ2v) is 6.05. The van der Waals surface area contributed by atoms with Crippen molar-refractivity contribution in [2.45, 2.75) is 12.5 Å². The second kappa shape index (κ2) is 9.64. The summed E-state index contributed by atoms with van der Waals surface area (Å²) < 4.78 is 38.0. The van der Waals surface area contributed by atoms with Crippen LogP contribution in [0, 0.1) is 11.6 Å². The number of aliphatic carboxylic acids is 1. The maximum absolute atomic E-state index is 13.6. The van der Waals surface area contributed by atoms with Crippen LogP contribution in [0.3, 0.4) is 0 Å². The van der Waals surface area contributed by atoms with E-state index in [0.29, 0.717) is 32.0 Å². The van der Waals surface area contributed by atoms with Gasteiger partial charge in [-0.1, -0.05) is 12.1 Å². The van der Waals surface area contributed by atoms with Crippen LogP contribution < -0.4 is 4.74 Å². The lowest BCUT2D eigenvalue weighted by Gasteiger charge is -2.32. The zero-order valence-electron chi connectivity index (χ0n) is 14.4. The monoisotopic (exact) mass is 399 g/mol. The molecule has 0 saturated carbocycles. The number of hydrogen-bond donors (Lipinski definition) is 1. The van der Waals surface area contributed by atoms with Crippen LogP contribution in [0.2, 0.25) is 0 Å². The van der Waals surface area contributed by atoms with Crippen molar-refractivity contribution in [3.05, 3.63) is 59.7 Å². The molecular weight excluding hydrogens is 380 g/mol. The van der Waals surface area contributed by atoms with Crippen molar-refractivity contribution in [2.75, 3.05) is 26.2 Å². The fourth-order valence-electron chi connectivity index (χ4n) is 2.79. The summed E-state index contributed by atoms with van der Waals surface area (Å²) in [6, 6.07) is 9.98. The molecule has 0 bridgehead atoms. The molecular formula is C19H20ClF2NO4. The fourth-order valence-corrected chi connectivity index (χ4v) is 2.79. The predicted octanol–water partition coefficient (Wildman–Crippen LogP) is 4.03. The van der Waals surface area contributed by atoms with E-state index < -0.39 is 17.6 Å². The molecule has 146 valence electrons. The summed E-state index contributed by atoms with van der Waals surface area (Å²) in [5, 5.41) is 8.79. The molecule has 1 saturated heterocycles. The van der Waals surface area contributed by atoms with Gasteiger partial charge in [0.1, 0.15) is 11.6 Å². The Bertz CT molecular complexity index is 773. The Morgan fingerprint density at radius 3 is 2.67 bits per heavy atom. The van der Waals surface area contributed by atoms with Gasteiger partial charge in [0.2, 0.25) is 0 Å². The molecule has 0 aromatic heterocycles. The summed E-state index contributed by atoms with van der Waals surface area (Å²) in [5.74, 6) is -1.82. The molecule has 2 aromatic rings. The van der Waals surface area contributed by atoms with Crippen LogP contribution in [-0.2, 0) is 9.53 Å². The van der Waals surface area contributed by atoms with Gasteiger partial charge < -0.3 is 14.6 Å². The Kier molecular flexibility index (Phi) is 7.53. The standard InChI is InChI=1S/C19H19F2NO4.ClH/c20-14-3-6-16(21)17(11-14)26-15-4-1-13(2-5-15)18-12-22(9-10-25-18)8-7-19(23)24;/h1-6,11,18H,7-10,12H2,(H,23,24);1H. The minimum atomic E-state index is -0.820. The topological polar surface area (TPSA) is 59.0 Å². The summed E-state index contributed by atoms with van der Waals surface area (Å²) in [4.78, 5) is 12.8. The van der Waals surface area contributed by atoms with Gasteiger partial charge in [0, 0.05) is 25.7 Å². The van der Waals surface area contributed by atoms with Gasteiger partial charge in [0.25, 0.3) is 0 Å². The number of halogens is 3. The molecule has 1 aliphatic heterocycles. The van der Waals surface area contributed by atoms with Crippen molar-refractivity contribution in [1.82, 2.24) is 4.90 Å². The molecule has 1 unspecified atom stereocenters. The highest BCUT2D eigenvalue weighted by atomic mass is 35.5. The fraction of sp³-hybridized carbons (Fsp3) is 0.316. The van der Waals surface area contributed by atoms with Gasteiger partial charge in [-0.25, -0.2) is 8.78 Å². The Labute approximate surface area is 161 Å². The first-order chi connectivity index (χ1) is 12.5. The molecule has 0 amide bonds. The molecule has 3 rings (SSSR count). The van der Waals surface area contributed by atoms with Crippen molar-refractivity contribution in [1.29, 1.82) is 0 Å². The molecule has 1 heterocycles. The SMILES string of the molecule is Cl.O=C(O)CCN1CCOC(c2ccc(Oc3cc(F)ccc3F)cc2)C1. The zero-order valence-corrected chi connectivity index (χ0v) is 15.3. The zero-order chi connectivity index (χ0) is 18.5. The van der Waals surface area contributed by atoms with Crippen molar-refractivity contribution in [3.8, 4) is 11.5 Å². The minimum absolute atomic E-state index is 0. The van der Waals surface area contributed by atoms with E-state index in [1.807, 2.05) is 0 Å². The van der Waals surface area contributed by atoms with Crippen LogP contribution in [0.1, 0.15) is 18.1 Å². The third-order valence-corrected chi connectivity index (χ3v) is 4.17. The number of rotatable bonds is 6. The Morgan fingerprint density at radius 2 is 1.96 bits per heavy atom. The maximum Gasteiger partial charge on any atom is 0.304 e. The highest BCUT2D eigenvalue weighted by molar-refractivity contribution is 5.85. The van der Waals surface area contributed by atoms with Gasteiger partial charge in [-0.05, 0) is 29.8 Å². The van der Waals surface area contributed by atoms with Gasteiger partial charge in [0.05, 0.1) is 19.1 Å². The number of benzene rings is 2. The van der Waals surface area contributed by atoms with E-state index in [-0.39, 0.29) is 30.7 Å². The highest BCUT2D eigenvalue weighted by Gasteiger charge is 2.22. The lowest BCUT2D eigenvalue weighted by molar-refractivity contribution is -0.137. The van der Waals surface area contributed by atoms with Crippen molar-refractivity contribution < 1.29 is 28.2 Å². The van der Waals surface area contributed by atoms with Crippen LogP contribution in [-0.4, -0.2) is 42.2 Å². The number of carboxylic acid groups (broad SMARTS) is 1. The van der Waals surface area contributed by atoms with Crippen LogP contribution in [0.15, 0.2) is 42.5 Å². The Morgan fingerprint density at radius 1 is 1.22 bits per heavy atom. The number of hydrogen-bond acceptors (Lipinski definition) is 4. The molecule has 5 nitrogen and oxygen atoms in total. The molecule has 2 aromatic carbocycles. The summed E-state index contributed by atoms with van der Waals surface area (Å²) >= 11 is 0. The van der Waals surface area contributed by atoms with Crippen molar-refractivity contribution >= 4 is 18.4 Å². The van der Waals surface area contributed by atoms with E-state index in [2.05, 4.69) is 4.90 Å². The van der Waals surface area contributed by atoms with Crippen LogP contribution >= 0.6 is 12.4 Å². The van der Waals surface area contributed by atoms with Gasteiger partial charge >= 0.3 is 5.97 Å². The molecule has 8 heteroatoms. The maximum atomic E-state index is 13.6. The summed E-state index contributed by atoms with van der Waals surface area (Å²) in [6.45, 7) is 2.31. The number of ether oxygens (including phenoxy) is 2. The lowest BCUT2D eigenvalue weighted by atomic mass is 10.1. The first kappa shape index (κ1) is 21.1. The van der Waals surface area contributed by atoms with E-state index >= 15 is 0 Å². The first-order valence-corrected chi connectivity index (χ1v) is 8.30. The number of carboxylic acids is 1. The molecule has 1 atom stereocenters.